The number of ether oxygens (including phenoxy) is 3. The van der Waals surface area contributed by atoms with Crippen LogP contribution in [0.15, 0.2) is 54.6 Å². The van der Waals surface area contributed by atoms with Gasteiger partial charge >= 0.3 is 0 Å². The average Bonchev–Trinajstić information content (AvgIpc) is 2.83. The Morgan fingerprint density at radius 3 is 2.45 bits per heavy atom. The van der Waals surface area contributed by atoms with Crippen LogP contribution in [0.5, 0.6) is 17.2 Å². The zero-order valence-corrected chi connectivity index (χ0v) is 19.8. The summed E-state index contributed by atoms with van der Waals surface area (Å²) in [5, 5.41) is 3.10. The predicted molar refractivity (Wildman–Crippen MR) is 127 cm³/mol. The van der Waals surface area contributed by atoms with Crippen molar-refractivity contribution in [2.45, 2.75) is 44.9 Å². The molecular weight excluding hydrogens is 420 g/mol. The number of para-hydroxylation sites is 1. The highest BCUT2D eigenvalue weighted by Crippen LogP contribution is 2.32. The van der Waals surface area contributed by atoms with Crippen LogP contribution >= 0.6 is 0 Å². The lowest BCUT2D eigenvalue weighted by atomic mass is 10.0. The number of amides is 2. The van der Waals surface area contributed by atoms with Gasteiger partial charge in [0.25, 0.3) is 5.91 Å². The van der Waals surface area contributed by atoms with Crippen LogP contribution < -0.4 is 19.5 Å². The van der Waals surface area contributed by atoms with Crippen molar-refractivity contribution in [3.63, 3.8) is 0 Å². The van der Waals surface area contributed by atoms with Gasteiger partial charge in [-0.05, 0) is 44.5 Å². The third-order valence-electron chi connectivity index (χ3n) is 5.87. The second-order valence-corrected chi connectivity index (χ2v) is 8.13. The largest absolute Gasteiger partial charge is 0.497 e. The van der Waals surface area contributed by atoms with Gasteiger partial charge in [-0.2, -0.15) is 0 Å². The molecule has 0 fully saturated rings. The summed E-state index contributed by atoms with van der Waals surface area (Å²) in [5.41, 5.74) is 1.26. The number of carbonyl (C=O) groups is 2. The maximum atomic E-state index is 13.2. The van der Waals surface area contributed by atoms with E-state index in [1.54, 1.807) is 52.5 Å². The van der Waals surface area contributed by atoms with Gasteiger partial charge in [0, 0.05) is 25.1 Å². The average molecular weight is 453 g/mol. The summed E-state index contributed by atoms with van der Waals surface area (Å²) in [4.78, 5) is 27.8. The molecule has 3 atom stereocenters. The molecular formula is C26H32N2O5. The molecule has 1 heterocycles. The number of nitrogens with zero attached hydrogens (tertiary/aromatic N) is 1. The maximum Gasteiger partial charge on any atom is 0.258 e. The Morgan fingerprint density at radius 1 is 1.00 bits per heavy atom. The van der Waals surface area contributed by atoms with Crippen molar-refractivity contribution in [3.05, 3.63) is 65.7 Å². The first-order valence-corrected chi connectivity index (χ1v) is 11.1. The van der Waals surface area contributed by atoms with E-state index in [1.807, 2.05) is 37.3 Å². The van der Waals surface area contributed by atoms with Crippen LogP contribution in [0.25, 0.3) is 0 Å². The lowest BCUT2D eigenvalue weighted by Gasteiger charge is -2.28. The van der Waals surface area contributed by atoms with Crippen LogP contribution in [-0.4, -0.2) is 50.1 Å². The first kappa shape index (κ1) is 24.2. The molecule has 2 amide bonds. The molecule has 0 spiro atoms. The Kier molecular flexibility index (Phi) is 7.98. The van der Waals surface area contributed by atoms with Gasteiger partial charge < -0.3 is 24.4 Å². The topological polar surface area (TPSA) is 77.1 Å². The highest BCUT2D eigenvalue weighted by atomic mass is 16.5. The van der Waals surface area contributed by atoms with Gasteiger partial charge in [-0.25, -0.2) is 0 Å². The van der Waals surface area contributed by atoms with Crippen LogP contribution in [0.3, 0.4) is 0 Å². The summed E-state index contributed by atoms with van der Waals surface area (Å²) >= 11 is 0. The van der Waals surface area contributed by atoms with Gasteiger partial charge in [0.15, 0.2) is 0 Å². The SMILES string of the molecule is COc1ccc([C@H]2C/C=C\C[C@H](C)Oc3ccccc3C(=O)N(C)[C@H](C)C(=O)N2)c(OC)c1. The number of methoxy groups -OCH3 is 2. The van der Waals surface area contributed by atoms with Gasteiger partial charge in [0.1, 0.15) is 23.3 Å². The summed E-state index contributed by atoms with van der Waals surface area (Å²) in [6, 6.07) is 11.6. The Bertz CT molecular complexity index is 1020. The number of likely N-dealkylation sites (N-methyl/N-ethyl adjacent to an activating group) is 1. The highest BCUT2D eigenvalue weighted by Gasteiger charge is 2.28. The molecule has 0 unspecified atom stereocenters. The molecule has 0 aromatic heterocycles. The molecule has 0 radical (unpaired) electrons. The standard InChI is InChI=1S/C26H32N2O5/c1-17-10-6-8-12-22(20-15-14-19(31-4)16-24(20)32-5)27-25(29)18(2)28(3)26(30)21-11-7-9-13-23(21)33-17/h6-9,11,13-18,22H,10,12H2,1-5H3,(H,27,29)/b8-6-/t17-,18+,22+/m0/s1. The number of hydrogen-bond acceptors (Lipinski definition) is 5. The molecule has 2 aromatic rings. The minimum atomic E-state index is -0.693. The molecule has 176 valence electrons. The third-order valence-corrected chi connectivity index (χ3v) is 5.87. The molecule has 1 aliphatic heterocycles. The fourth-order valence-corrected chi connectivity index (χ4v) is 3.74. The van der Waals surface area contributed by atoms with E-state index in [4.69, 9.17) is 14.2 Å². The van der Waals surface area contributed by atoms with Gasteiger partial charge in [-0.3, -0.25) is 9.59 Å². The molecule has 0 bridgehead atoms. The van der Waals surface area contributed by atoms with Crippen molar-refractivity contribution in [2.24, 2.45) is 0 Å². The molecule has 0 aliphatic carbocycles. The Balaban J connectivity index is 1.96. The smallest absolute Gasteiger partial charge is 0.258 e. The lowest BCUT2D eigenvalue weighted by molar-refractivity contribution is -0.125. The van der Waals surface area contributed by atoms with Crippen LogP contribution in [0.2, 0.25) is 0 Å². The van der Waals surface area contributed by atoms with E-state index in [2.05, 4.69) is 5.32 Å². The number of hydrogen-bond donors (Lipinski definition) is 1. The highest BCUT2D eigenvalue weighted by molar-refractivity contribution is 5.99. The van der Waals surface area contributed by atoms with Gasteiger partial charge in [0.05, 0.1) is 31.9 Å². The van der Waals surface area contributed by atoms with Crippen molar-refractivity contribution < 1.29 is 23.8 Å². The molecule has 7 heteroatoms. The van der Waals surface area contributed by atoms with Crippen molar-refractivity contribution >= 4 is 11.8 Å². The first-order chi connectivity index (χ1) is 15.8. The normalized spacial score (nSPS) is 22.9. The van der Waals surface area contributed by atoms with E-state index < -0.39 is 6.04 Å². The molecule has 7 nitrogen and oxygen atoms in total. The number of benzene rings is 2. The van der Waals surface area contributed by atoms with Crippen LogP contribution in [0.1, 0.15) is 48.7 Å². The van der Waals surface area contributed by atoms with Crippen molar-refractivity contribution in [2.75, 3.05) is 21.3 Å². The quantitative estimate of drug-likeness (QED) is 0.709. The Hall–Kier alpha value is -3.48. The lowest BCUT2D eigenvalue weighted by Crippen LogP contribution is -2.47. The van der Waals surface area contributed by atoms with Crippen LogP contribution in [0, 0.1) is 0 Å². The summed E-state index contributed by atoms with van der Waals surface area (Å²) in [5.74, 6) is 1.27. The fourth-order valence-electron chi connectivity index (χ4n) is 3.74. The van der Waals surface area contributed by atoms with Crippen LogP contribution in [0.4, 0.5) is 0 Å². The second-order valence-electron chi connectivity index (χ2n) is 8.13. The van der Waals surface area contributed by atoms with E-state index in [0.29, 0.717) is 35.7 Å². The van der Waals surface area contributed by atoms with Crippen molar-refractivity contribution in [1.29, 1.82) is 0 Å². The Morgan fingerprint density at radius 2 is 1.73 bits per heavy atom. The summed E-state index contributed by atoms with van der Waals surface area (Å²) in [6.07, 6.45) is 5.17. The van der Waals surface area contributed by atoms with E-state index in [9.17, 15) is 9.59 Å². The first-order valence-electron chi connectivity index (χ1n) is 11.1. The monoisotopic (exact) mass is 452 g/mol. The van der Waals surface area contributed by atoms with E-state index in [0.717, 1.165) is 5.56 Å². The third kappa shape index (κ3) is 5.66. The molecule has 0 saturated carbocycles. The summed E-state index contributed by atoms with van der Waals surface area (Å²) in [6.45, 7) is 3.68. The maximum absolute atomic E-state index is 13.2. The van der Waals surface area contributed by atoms with Crippen molar-refractivity contribution in [3.8, 4) is 17.2 Å². The molecule has 0 saturated heterocycles. The molecule has 2 aromatic carbocycles. The van der Waals surface area contributed by atoms with Gasteiger partial charge in [-0.1, -0.05) is 24.3 Å². The van der Waals surface area contributed by atoms with E-state index >= 15 is 0 Å². The number of rotatable bonds is 3. The summed E-state index contributed by atoms with van der Waals surface area (Å²) < 4.78 is 16.9. The number of nitrogens with one attached hydrogen (secondary N) is 1. The van der Waals surface area contributed by atoms with Crippen molar-refractivity contribution in [1.82, 2.24) is 10.2 Å². The predicted octanol–water partition coefficient (Wildman–Crippen LogP) is 4.14. The second kappa shape index (κ2) is 10.9. The van der Waals surface area contributed by atoms with Gasteiger partial charge in [-0.15, -0.1) is 0 Å². The zero-order chi connectivity index (χ0) is 24.0. The molecule has 1 aliphatic rings. The molecule has 33 heavy (non-hydrogen) atoms. The summed E-state index contributed by atoms with van der Waals surface area (Å²) in [7, 11) is 4.81. The van der Waals surface area contributed by atoms with E-state index in [-0.39, 0.29) is 24.0 Å². The minimum Gasteiger partial charge on any atom is -0.497 e. The number of carbonyl (C=O) groups excluding carboxylic acids is 2. The van der Waals surface area contributed by atoms with E-state index in [1.165, 1.54) is 4.90 Å². The number of fused-ring (bicyclic) bond motifs is 1. The fraction of sp³-hybridized carbons (Fsp3) is 0.385. The molecule has 1 N–H and O–H groups in total. The van der Waals surface area contributed by atoms with Crippen LogP contribution in [-0.2, 0) is 4.79 Å². The Labute approximate surface area is 195 Å². The zero-order valence-electron chi connectivity index (χ0n) is 19.8. The molecule has 3 rings (SSSR count). The minimum absolute atomic E-state index is 0.121. The van der Waals surface area contributed by atoms with Gasteiger partial charge in [0.2, 0.25) is 5.91 Å².